The van der Waals surface area contributed by atoms with E-state index in [0.29, 0.717) is 10.7 Å². The lowest BCUT2D eigenvalue weighted by molar-refractivity contribution is 0.102. The highest BCUT2D eigenvalue weighted by Crippen LogP contribution is 2.21. The summed E-state index contributed by atoms with van der Waals surface area (Å²) in [6.45, 7) is 6.06. The Labute approximate surface area is 146 Å². The molecule has 0 saturated heterocycles. The Hall–Kier alpha value is -2.33. The summed E-state index contributed by atoms with van der Waals surface area (Å²) in [7, 11) is 0. The average molecular weight is 342 g/mol. The van der Waals surface area contributed by atoms with Crippen molar-refractivity contribution in [2.75, 3.05) is 5.32 Å². The molecule has 0 bridgehead atoms. The maximum Gasteiger partial charge on any atom is 0.274 e. The van der Waals surface area contributed by atoms with Crippen LogP contribution in [0.2, 0.25) is 5.02 Å². The summed E-state index contributed by atoms with van der Waals surface area (Å²) >= 11 is 6.11. The number of carbonyl (C=O) groups is 1. The number of benzene rings is 1. The van der Waals surface area contributed by atoms with Crippen LogP contribution in [0.25, 0.3) is 5.65 Å². The highest BCUT2D eigenvalue weighted by molar-refractivity contribution is 6.30. The molecule has 0 saturated carbocycles. The van der Waals surface area contributed by atoms with Gasteiger partial charge in [0.2, 0.25) is 0 Å². The third kappa shape index (κ3) is 3.15. The smallest absolute Gasteiger partial charge is 0.274 e. The number of anilines is 1. The van der Waals surface area contributed by atoms with Gasteiger partial charge in [0.15, 0.2) is 0 Å². The van der Waals surface area contributed by atoms with E-state index < -0.39 is 0 Å². The van der Waals surface area contributed by atoms with Crippen molar-refractivity contribution in [3.63, 3.8) is 0 Å². The van der Waals surface area contributed by atoms with E-state index in [9.17, 15) is 4.79 Å². The summed E-state index contributed by atoms with van der Waals surface area (Å²) < 4.78 is 1.77. The first-order valence-electron chi connectivity index (χ1n) is 8.04. The number of imidazole rings is 1. The van der Waals surface area contributed by atoms with Crippen LogP contribution in [-0.4, -0.2) is 15.3 Å². The summed E-state index contributed by atoms with van der Waals surface area (Å²) in [5, 5.41) is 3.59. The molecule has 24 heavy (non-hydrogen) atoms. The summed E-state index contributed by atoms with van der Waals surface area (Å²) in [6.07, 6.45) is 3.40. The van der Waals surface area contributed by atoms with Crippen molar-refractivity contribution in [1.82, 2.24) is 9.38 Å². The van der Waals surface area contributed by atoms with E-state index in [4.69, 9.17) is 11.6 Å². The maximum absolute atomic E-state index is 12.9. The van der Waals surface area contributed by atoms with E-state index in [1.807, 2.05) is 38.1 Å². The van der Waals surface area contributed by atoms with Crippen molar-refractivity contribution >= 4 is 28.8 Å². The summed E-state index contributed by atoms with van der Waals surface area (Å²) in [4.78, 5) is 17.5. The molecule has 0 fully saturated rings. The molecule has 2 aromatic heterocycles. The normalized spacial score (nSPS) is 11.0. The number of carbonyl (C=O) groups excluding carboxylic acids is 1. The number of hydrogen-bond acceptors (Lipinski definition) is 2. The number of halogens is 1. The van der Waals surface area contributed by atoms with Gasteiger partial charge in [0.25, 0.3) is 5.91 Å². The Morgan fingerprint density at radius 3 is 2.79 bits per heavy atom. The van der Waals surface area contributed by atoms with E-state index in [1.54, 1.807) is 16.7 Å². The predicted molar refractivity (Wildman–Crippen MR) is 98.1 cm³/mol. The first-order chi connectivity index (χ1) is 11.5. The third-order valence-electron chi connectivity index (χ3n) is 4.00. The second-order valence-corrected chi connectivity index (χ2v) is 6.44. The molecule has 2 heterocycles. The van der Waals surface area contributed by atoms with Crippen LogP contribution in [0.4, 0.5) is 5.69 Å². The van der Waals surface area contributed by atoms with Gasteiger partial charge in [-0.1, -0.05) is 37.1 Å². The number of fused-ring (bicyclic) bond motifs is 1. The molecule has 5 heteroatoms. The second-order valence-electron chi connectivity index (χ2n) is 6.01. The van der Waals surface area contributed by atoms with Crippen molar-refractivity contribution in [1.29, 1.82) is 0 Å². The van der Waals surface area contributed by atoms with E-state index in [-0.39, 0.29) is 5.91 Å². The zero-order valence-corrected chi connectivity index (χ0v) is 14.8. The molecule has 3 aromatic rings. The van der Waals surface area contributed by atoms with Crippen molar-refractivity contribution < 1.29 is 4.79 Å². The van der Waals surface area contributed by atoms with Gasteiger partial charge in [-0.3, -0.25) is 9.20 Å². The van der Waals surface area contributed by atoms with Crippen LogP contribution in [0.15, 0.2) is 36.5 Å². The minimum Gasteiger partial charge on any atom is -0.320 e. The second kappa shape index (κ2) is 6.65. The molecular weight excluding hydrogens is 322 g/mol. The molecule has 4 nitrogen and oxygen atoms in total. The zero-order chi connectivity index (χ0) is 17.3. The summed E-state index contributed by atoms with van der Waals surface area (Å²) in [6, 6.07) is 9.62. The fourth-order valence-electron chi connectivity index (χ4n) is 2.77. The van der Waals surface area contributed by atoms with Gasteiger partial charge in [-0.15, -0.1) is 0 Å². The number of amides is 1. The Morgan fingerprint density at radius 2 is 2.04 bits per heavy atom. The first kappa shape index (κ1) is 16.5. The summed E-state index contributed by atoms with van der Waals surface area (Å²) in [5.41, 5.74) is 5.02. The number of nitrogens with one attached hydrogen (secondary N) is 1. The van der Waals surface area contributed by atoms with Gasteiger partial charge in [0.05, 0.1) is 10.7 Å². The topological polar surface area (TPSA) is 46.4 Å². The molecule has 1 amide bonds. The van der Waals surface area contributed by atoms with Gasteiger partial charge in [-0.25, -0.2) is 4.98 Å². The van der Waals surface area contributed by atoms with E-state index >= 15 is 0 Å². The molecule has 0 unspecified atom stereocenters. The number of nitrogens with zero attached hydrogens (tertiary/aromatic N) is 2. The molecule has 0 aliphatic rings. The number of aryl methyl sites for hydroxylation is 3. The monoisotopic (exact) mass is 341 g/mol. The van der Waals surface area contributed by atoms with Crippen LogP contribution in [-0.2, 0) is 6.42 Å². The van der Waals surface area contributed by atoms with Gasteiger partial charge in [0, 0.05) is 11.9 Å². The average Bonchev–Trinajstić information content (AvgIpc) is 2.88. The van der Waals surface area contributed by atoms with Crippen LogP contribution in [0.5, 0.6) is 0 Å². The Bertz CT molecular complexity index is 914. The minimum absolute atomic E-state index is 0.165. The molecule has 1 aromatic carbocycles. The Morgan fingerprint density at radius 1 is 1.25 bits per heavy atom. The lowest BCUT2D eigenvalue weighted by atomic mass is 10.1. The molecule has 0 atom stereocenters. The van der Waals surface area contributed by atoms with E-state index in [2.05, 4.69) is 17.2 Å². The SMILES string of the molecule is CCCc1nc2ccc(Cl)cn2c1C(=O)Nc1cc(C)ccc1C. The van der Waals surface area contributed by atoms with E-state index in [0.717, 1.165) is 41.0 Å². The largest absolute Gasteiger partial charge is 0.320 e. The van der Waals surface area contributed by atoms with Gasteiger partial charge in [-0.2, -0.15) is 0 Å². The maximum atomic E-state index is 12.9. The number of aromatic nitrogens is 2. The van der Waals surface area contributed by atoms with Crippen molar-refractivity contribution in [3.8, 4) is 0 Å². The Kier molecular flexibility index (Phi) is 4.58. The molecule has 1 N–H and O–H groups in total. The lowest BCUT2D eigenvalue weighted by Gasteiger charge is -2.10. The zero-order valence-electron chi connectivity index (χ0n) is 14.1. The minimum atomic E-state index is -0.165. The number of rotatable bonds is 4. The predicted octanol–water partition coefficient (Wildman–Crippen LogP) is 4.81. The van der Waals surface area contributed by atoms with Crippen molar-refractivity contribution in [2.24, 2.45) is 0 Å². The van der Waals surface area contributed by atoms with Crippen LogP contribution < -0.4 is 5.32 Å². The van der Waals surface area contributed by atoms with Gasteiger partial charge < -0.3 is 5.32 Å². The molecule has 0 aliphatic heterocycles. The molecule has 0 spiro atoms. The summed E-state index contributed by atoms with van der Waals surface area (Å²) in [5.74, 6) is -0.165. The van der Waals surface area contributed by atoms with Gasteiger partial charge >= 0.3 is 0 Å². The molecule has 0 aliphatic carbocycles. The third-order valence-corrected chi connectivity index (χ3v) is 4.22. The van der Waals surface area contributed by atoms with Crippen LogP contribution in [0.3, 0.4) is 0 Å². The number of pyridine rings is 1. The van der Waals surface area contributed by atoms with Crippen LogP contribution >= 0.6 is 11.6 Å². The van der Waals surface area contributed by atoms with Gasteiger partial charge in [-0.05, 0) is 49.6 Å². The first-order valence-corrected chi connectivity index (χ1v) is 8.42. The highest BCUT2D eigenvalue weighted by Gasteiger charge is 2.19. The number of hydrogen-bond donors (Lipinski definition) is 1. The fourth-order valence-corrected chi connectivity index (χ4v) is 2.93. The van der Waals surface area contributed by atoms with Crippen molar-refractivity contribution in [2.45, 2.75) is 33.6 Å². The molecular formula is C19H20ClN3O. The molecule has 3 rings (SSSR count). The van der Waals surface area contributed by atoms with E-state index in [1.165, 1.54) is 0 Å². The van der Waals surface area contributed by atoms with Crippen molar-refractivity contribution in [3.05, 3.63) is 64.1 Å². The van der Waals surface area contributed by atoms with Gasteiger partial charge in [0.1, 0.15) is 11.3 Å². The lowest BCUT2D eigenvalue weighted by Crippen LogP contribution is -2.17. The Balaban J connectivity index is 2.06. The standard InChI is InChI=1S/C19H20ClN3O/c1-4-5-15-18(23-11-14(20)8-9-17(23)21-15)19(24)22-16-10-12(2)6-7-13(16)3/h6-11H,4-5H2,1-3H3,(H,22,24). The molecule has 124 valence electrons. The fraction of sp³-hybridized carbons (Fsp3) is 0.263. The quantitative estimate of drug-likeness (QED) is 0.740. The molecule has 0 radical (unpaired) electrons. The van der Waals surface area contributed by atoms with Crippen LogP contribution in [0.1, 0.15) is 40.7 Å². The van der Waals surface area contributed by atoms with Crippen LogP contribution in [0, 0.1) is 13.8 Å². The highest BCUT2D eigenvalue weighted by atomic mass is 35.5.